The molecule has 0 spiro atoms. The van der Waals surface area contributed by atoms with Crippen molar-refractivity contribution < 1.29 is 19.1 Å². The molecule has 1 N–H and O–H groups in total. The molecule has 3 rings (SSSR count). The summed E-state index contributed by atoms with van der Waals surface area (Å²) in [7, 11) is 3.01. The number of nitrogens with one attached hydrogen (secondary N) is 1. The summed E-state index contributed by atoms with van der Waals surface area (Å²) in [4.78, 5) is 26.7. The van der Waals surface area contributed by atoms with Crippen molar-refractivity contribution in [3.63, 3.8) is 0 Å². The Hall–Kier alpha value is -2.42. The Balaban J connectivity index is 2.08. The number of thiocarbonyl (C=S) groups is 1. The van der Waals surface area contributed by atoms with Gasteiger partial charge in [0, 0.05) is 16.7 Å². The molecule has 1 fully saturated rings. The van der Waals surface area contributed by atoms with Crippen LogP contribution >= 0.6 is 39.7 Å². The zero-order chi connectivity index (χ0) is 20.4. The smallest absolute Gasteiger partial charge is 0.270 e. The summed E-state index contributed by atoms with van der Waals surface area (Å²) in [6, 6.07) is 9.98. The molecule has 9 heteroatoms. The van der Waals surface area contributed by atoms with Crippen LogP contribution in [-0.2, 0) is 9.59 Å². The van der Waals surface area contributed by atoms with E-state index >= 15 is 0 Å². The Labute approximate surface area is 180 Å². The molecule has 2 aromatic carbocycles. The molecule has 0 saturated carbocycles. The molecule has 144 valence electrons. The standard InChI is InChI=1S/C19H14BrClN2O4S/c1-26-15-9-16(27-2)14(20)7-10(15)6-13-17(24)22-19(28)23(18(13)25)12-5-3-4-11(21)8-12/h3-9H,1-2H3,(H,22,24,28)/b13-6+. The molecule has 1 aliphatic heterocycles. The molecule has 2 amide bonds. The lowest BCUT2D eigenvalue weighted by Crippen LogP contribution is -2.54. The van der Waals surface area contributed by atoms with Gasteiger partial charge in [0.2, 0.25) is 0 Å². The van der Waals surface area contributed by atoms with E-state index in [1.54, 1.807) is 36.4 Å². The quantitative estimate of drug-likeness (QED) is 0.407. The Morgan fingerprint density at radius 3 is 2.50 bits per heavy atom. The predicted molar refractivity (Wildman–Crippen MR) is 115 cm³/mol. The van der Waals surface area contributed by atoms with Crippen molar-refractivity contribution in [2.45, 2.75) is 0 Å². The van der Waals surface area contributed by atoms with E-state index in [1.807, 2.05) is 0 Å². The first-order valence-corrected chi connectivity index (χ1v) is 9.52. The summed E-state index contributed by atoms with van der Waals surface area (Å²) in [6.07, 6.45) is 1.44. The van der Waals surface area contributed by atoms with Gasteiger partial charge in [-0.3, -0.25) is 19.8 Å². The fourth-order valence-electron chi connectivity index (χ4n) is 2.66. The zero-order valence-electron chi connectivity index (χ0n) is 14.8. The number of benzene rings is 2. The van der Waals surface area contributed by atoms with Crippen LogP contribution in [-0.4, -0.2) is 31.1 Å². The van der Waals surface area contributed by atoms with Gasteiger partial charge in [0.15, 0.2) is 5.11 Å². The van der Waals surface area contributed by atoms with Crippen molar-refractivity contribution in [2.24, 2.45) is 0 Å². The Morgan fingerprint density at radius 1 is 1.14 bits per heavy atom. The van der Waals surface area contributed by atoms with E-state index in [-0.39, 0.29) is 10.7 Å². The van der Waals surface area contributed by atoms with Gasteiger partial charge in [-0.1, -0.05) is 17.7 Å². The van der Waals surface area contributed by atoms with E-state index in [0.717, 1.165) is 0 Å². The molecule has 1 heterocycles. The normalized spacial score (nSPS) is 15.6. The van der Waals surface area contributed by atoms with Crippen LogP contribution in [0.25, 0.3) is 6.08 Å². The lowest BCUT2D eigenvalue weighted by atomic mass is 10.1. The maximum Gasteiger partial charge on any atom is 0.270 e. The minimum Gasteiger partial charge on any atom is -0.496 e. The molecule has 0 aromatic heterocycles. The highest BCUT2D eigenvalue weighted by Crippen LogP contribution is 2.34. The molecule has 0 atom stereocenters. The van der Waals surface area contributed by atoms with E-state index < -0.39 is 11.8 Å². The molecule has 2 aromatic rings. The molecule has 1 saturated heterocycles. The molecule has 0 unspecified atom stereocenters. The van der Waals surface area contributed by atoms with Crippen molar-refractivity contribution >= 4 is 68.4 Å². The first kappa shape index (κ1) is 20.3. The molecule has 0 aliphatic carbocycles. The van der Waals surface area contributed by atoms with Crippen molar-refractivity contribution in [3.05, 3.63) is 57.0 Å². The van der Waals surface area contributed by atoms with Gasteiger partial charge < -0.3 is 9.47 Å². The highest BCUT2D eigenvalue weighted by Gasteiger charge is 2.34. The van der Waals surface area contributed by atoms with Crippen LogP contribution in [0.1, 0.15) is 5.56 Å². The van der Waals surface area contributed by atoms with Gasteiger partial charge in [-0.2, -0.15) is 0 Å². The minimum atomic E-state index is -0.595. The van der Waals surface area contributed by atoms with Crippen LogP contribution in [0.3, 0.4) is 0 Å². The minimum absolute atomic E-state index is 0.0164. The largest absolute Gasteiger partial charge is 0.496 e. The van der Waals surface area contributed by atoms with Gasteiger partial charge in [0.25, 0.3) is 11.8 Å². The highest BCUT2D eigenvalue weighted by atomic mass is 79.9. The maximum atomic E-state index is 13.1. The van der Waals surface area contributed by atoms with Gasteiger partial charge in [0.05, 0.1) is 24.4 Å². The summed E-state index contributed by atoms with van der Waals surface area (Å²) in [5.74, 6) is -0.164. The second-order valence-electron chi connectivity index (χ2n) is 5.67. The van der Waals surface area contributed by atoms with E-state index in [9.17, 15) is 9.59 Å². The fraction of sp³-hybridized carbons (Fsp3) is 0.105. The topological polar surface area (TPSA) is 67.9 Å². The van der Waals surface area contributed by atoms with Crippen LogP contribution in [0.15, 0.2) is 46.4 Å². The number of carbonyl (C=O) groups excluding carboxylic acids is 2. The number of hydrogen-bond donors (Lipinski definition) is 1. The first-order chi connectivity index (χ1) is 13.3. The van der Waals surface area contributed by atoms with E-state index in [1.165, 1.54) is 25.2 Å². The molecule has 1 aliphatic rings. The number of amides is 2. The molecular formula is C19H14BrClN2O4S. The lowest BCUT2D eigenvalue weighted by Gasteiger charge is -2.29. The van der Waals surface area contributed by atoms with E-state index in [2.05, 4.69) is 21.2 Å². The molecular weight excluding hydrogens is 468 g/mol. The Kier molecular flexibility index (Phi) is 6.02. The number of methoxy groups -OCH3 is 2. The number of nitrogens with zero attached hydrogens (tertiary/aromatic N) is 1. The van der Waals surface area contributed by atoms with Gasteiger partial charge in [0.1, 0.15) is 17.1 Å². The summed E-state index contributed by atoms with van der Waals surface area (Å²) < 4.78 is 11.2. The fourth-order valence-corrected chi connectivity index (χ4v) is 3.65. The zero-order valence-corrected chi connectivity index (χ0v) is 17.9. The SMILES string of the molecule is COc1cc(OC)c(/C=C2\C(=O)NC(=S)N(c3cccc(Cl)c3)C2=O)cc1Br. The van der Waals surface area contributed by atoms with E-state index in [0.29, 0.717) is 32.2 Å². The van der Waals surface area contributed by atoms with Crippen LogP contribution in [0, 0.1) is 0 Å². The molecule has 0 bridgehead atoms. The predicted octanol–water partition coefficient (Wildman–Crippen LogP) is 3.95. The summed E-state index contributed by atoms with van der Waals surface area (Å²) in [5, 5.41) is 2.96. The highest BCUT2D eigenvalue weighted by molar-refractivity contribution is 9.10. The molecule has 28 heavy (non-hydrogen) atoms. The number of rotatable bonds is 4. The average Bonchev–Trinajstić information content (AvgIpc) is 2.65. The first-order valence-electron chi connectivity index (χ1n) is 7.94. The van der Waals surface area contributed by atoms with Gasteiger partial charge in [-0.25, -0.2) is 0 Å². The Bertz CT molecular complexity index is 1020. The van der Waals surface area contributed by atoms with Gasteiger partial charge in [-0.15, -0.1) is 0 Å². The molecule has 6 nitrogen and oxygen atoms in total. The number of carbonyl (C=O) groups is 2. The van der Waals surface area contributed by atoms with Crippen LogP contribution in [0.5, 0.6) is 11.5 Å². The number of hydrogen-bond acceptors (Lipinski definition) is 5. The number of halogens is 2. The van der Waals surface area contributed by atoms with Crippen molar-refractivity contribution in [3.8, 4) is 11.5 Å². The van der Waals surface area contributed by atoms with Crippen LogP contribution in [0.4, 0.5) is 5.69 Å². The van der Waals surface area contributed by atoms with Crippen LogP contribution in [0.2, 0.25) is 5.02 Å². The second-order valence-corrected chi connectivity index (χ2v) is 7.34. The maximum absolute atomic E-state index is 13.1. The lowest BCUT2D eigenvalue weighted by molar-refractivity contribution is -0.122. The number of ether oxygens (including phenoxy) is 2. The van der Waals surface area contributed by atoms with Gasteiger partial charge >= 0.3 is 0 Å². The van der Waals surface area contributed by atoms with Crippen LogP contribution < -0.4 is 19.7 Å². The second kappa shape index (κ2) is 8.30. The number of anilines is 1. The summed E-state index contributed by atoms with van der Waals surface area (Å²) in [5.41, 5.74) is 0.882. The van der Waals surface area contributed by atoms with E-state index in [4.69, 9.17) is 33.3 Å². The molecule has 0 radical (unpaired) electrons. The summed E-state index contributed by atoms with van der Waals surface area (Å²) in [6.45, 7) is 0. The monoisotopic (exact) mass is 480 g/mol. The van der Waals surface area contributed by atoms with Gasteiger partial charge in [-0.05, 0) is 58.5 Å². The van der Waals surface area contributed by atoms with Crippen molar-refractivity contribution in [1.29, 1.82) is 0 Å². The van der Waals surface area contributed by atoms with Crippen molar-refractivity contribution in [2.75, 3.05) is 19.1 Å². The average molecular weight is 482 g/mol. The third kappa shape index (κ3) is 3.89. The summed E-state index contributed by atoms with van der Waals surface area (Å²) >= 11 is 14.6. The Morgan fingerprint density at radius 2 is 1.86 bits per heavy atom. The third-order valence-corrected chi connectivity index (χ3v) is 5.11. The van der Waals surface area contributed by atoms with Crippen molar-refractivity contribution in [1.82, 2.24) is 5.32 Å². The third-order valence-electron chi connectivity index (χ3n) is 3.97.